The Bertz CT molecular complexity index is 922. The molecule has 3 aromatic rings. The maximum absolute atomic E-state index is 7.13. The average molecular weight is 273 g/mol. The molecule has 0 saturated heterocycles. The summed E-state index contributed by atoms with van der Waals surface area (Å²) in [7, 11) is 1.67. The van der Waals surface area contributed by atoms with Crippen LogP contribution in [0.3, 0.4) is 0 Å². The van der Waals surface area contributed by atoms with Crippen LogP contribution >= 0.6 is 0 Å². The van der Waals surface area contributed by atoms with Crippen LogP contribution in [0.15, 0.2) is 48.5 Å². The van der Waals surface area contributed by atoms with E-state index in [1.807, 2.05) is 42.5 Å². The van der Waals surface area contributed by atoms with Gasteiger partial charge in [0.2, 0.25) is 0 Å². The van der Waals surface area contributed by atoms with Gasteiger partial charge in [0.15, 0.2) is 5.69 Å². The van der Waals surface area contributed by atoms with Crippen LogP contribution in [0.2, 0.25) is 0 Å². The maximum atomic E-state index is 7.13. The summed E-state index contributed by atoms with van der Waals surface area (Å²) in [6, 6.07) is 15.5. The lowest BCUT2D eigenvalue weighted by Crippen LogP contribution is -1.97. The molecular formula is C18H11NO2. The molecule has 3 heteroatoms. The molecule has 0 radical (unpaired) electrons. The van der Waals surface area contributed by atoms with Crippen molar-refractivity contribution in [1.82, 2.24) is 0 Å². The van der Waals surface area contributed by atoms with E-state index in [1.165, 1.54) is 0 Å². The molecular weight excluding hydrogens is 262 g/mol. The van der Waals surface area contributed by atoms with Gasteiger partial charge in [0.25, 0.3) is 0 Å². The zero-order chi connectivity index (χ0) is 14.4. The normalized spacial score (nSPS) is 11.4. The van der Waals surface area contributed by atoms with Gasteiger partial charge in [0.1, 0.15) is 17.2 Å². The van der Waals surface area contributed by atoms with Crippen molar-refractivity contribution in [1.29, 1.82) is 0 Å². The molecule has 0 aliphatic carbocycles. The minimum atomic E-state index is 0.581. The highest BCUT2D eigenvalue weighted by Gasteiger charge is 2.21. The van der Waals surface area contributed by atoms with E-state index in [4.69, 9.17) is 16.0 Å². The van der Waals surface area contributed by atoms with Crippen LogP contribution in [0, 0.1) is 6.57 Å². The predicted molar refractivity (Wildman–Crippen MR) is 82.3 cm³/mol. The van der Waals surface area contributed by atoms with E-state index in [1.54, 1.807) is 13.2 Å². The van der Waals surface area contributed by atoms with Crippen LogP contribution in [0.1, 0.15) is 0 Å². The molecule has 3 nitrogen and oxygen atoms in total. The number of methoxy groups -OCH3 is 1. The topological polar surface area (TPSA) is 22.8 Å². The SMILES string of the molecule is [C-]#[N+]c1ccc2c(c1)Oc1cccc3c(OC)ccc-2c13. The zero-order valence-electron chi connectivity index (χ0n) is 11.4. The molecule has 0 fully saturated rings. The number of hydrogen-bond donors (Lipinski definition) is 0. The first-order valence-electron chi connectivity index (χ1n) is 6.61. The molecule has 3 aromatic carbocycles. The van der Waals surface area contributed by atoms with Gasteiger partial charge in [0, 0.05) is 16.3 Å². The number of ether oxygens (including phenoxy) is 2. The number of benzene rings is 3. The van der Waals surface area contributed by atoms with Gasteiger partial charge in [-0.2, -0.15) is 0 Å². The zero-order valence-corrected chi connectivity index (χ0v) is 11.4. The molecule has 1 aliphatic heterocycles. The molecule has 0 aromatic heterocycles. The summed E-state index contributed by atoms with van der Waals surface area (Å²) >= 11 is 0. The van der Waals surface area contributed by atoms with Crippen LogP contribution in [0.4, 0.5) is 5.69 Å². The Balaban J connectivity index is 2.10. The Hall–Kier alpha value is -2.99. The second-order valence-corrected chi connectivity index (χ2v) is 4.89. The van der Waals surface area contributed by atoms with Crippen molar-refractivity contribution in [2.75, 3.05) is 7.11 Å². The molecule has 0 N–H and O–H groups in total. The number of fused-ring (bicyclic) bond motifs is 2. The van der Waals surface area contributed by atoms with Crippen molar-refractivity contribution >= 4 is 16.5 Å². The highest BCUT2D eigenvalue weighted by molar-refractivity contribution is 6.06. The Labute approximate surface area is 122 Å². The third-order valence-corrected chi connectivity index (χ3v) is 3.79. The van der Waals surface area contributed by atoms with Gasteiger partial charge in [-0.05, 0) is 29.8 Å². The average Bonchev–Trinajstić information content (AvgIpc) is 2.54. The minimum absolute atomic E-state index is 0.581. The molecule has 0 atom stereocenters. The van der Waals surface area contributed by atoms with E-state index in [-0.39, 0.29) is 0 Å². The fourth-order valence-corrected chi connectivity index (χ4v) is 2.84. The van der Waals surface area contributed by atoms with Crippen LogP contribution in [0.25, 0.3) is 26.7 Å². The molecule has 0 saturated carbocycles. The van der Waals surface area contributed by atoms with Crippen molar-refractivity contribution in [3.8, 4) is 28.4 Å². The number of hydrogen-bond acceptors (Lipinski definition) is 2. The summed E-state index contributed by atoms with van der Waals surface area (Å²) in [5.41, 5.74) is 2.70. The molecule has 0 amide bonds. The van der Waals surface area contributed by atoms with E-state index in [0.29, 0.717) is 5.69 Å². The van der Waals surface area contributed by atoms with Crippen LogP contribution in [0.5, 0.6) is 17.2 Å². The lowest BCUT2D eigenvalue weighted by molar-refractivity contribution is 0.419. The van der Waals surface area contributed by atoms with Gasteiger partial charge < -0.3 is 9.47 Å². The second kappa shape index (κ2) is 4.26. The standard InChI is InChI=1S/C18H11NO2/c1-19-11-6-7-12-13-8-9-15(20-2)14-4-3-5-16(18(13)14)21-17(12)10-11/h3-10H,2H3. The fourth-order valence-electron chi connectivity index (χ4n) is 2.84. The number of nitrogens with zero attached hydrogens (tertiary/aromatic N) is 1. The summed E-state index contributed by atoms with van der Waals surface area (Å²) in [5.74, 6) is 2.37. The lowest BCUT2D eigenvalue weighted by Gasteiger charge is -2.22. The summed E-state index contributed by atoms with van der Waals surface area (Å²) in [5, 5.41) is 2.09. The van der Waals surface area contributed by atoms with Crippen LogP contribution < -0.4 is 9.47 Å². The third kappa shape index (κ3) is 1.60. The predicted octanol–water partition coefficient (Wildman–Crippen LogP) is 5.17. The summed E-state index contributed by atoms with van der Waals surface area (Å²) in [4.78, 5) is 3.46. The van der Waals surface area contributed by atoms with E-state index in [0.717, 1.165) is 39.1 Å². The molecule has 1 aliphatic rings. The minimum Gasteiger partial charge on any atom is -0.496 e. The third-order valence-electron chi connectivity index (χ3n) is 3.79. The molecule has 1 heterocycles. The van der Waals surface area contributed by atoms with Gasteiger partial charge in [-0.1, -0.05) is 24.3 Å². The monoisotopic (exact) mass is 273 g/mol. The summed E-state index contributed by atoms with van der Waals surface area (Å²) in [6.07, 6.45) is 0. The first kappa shape index (κ1) is 11.8. The largest absolute Gasteiger partial charge is 0.496 e. The Kier molecular flexibility index (Phi) is 2.39. The van der Waals surface area contributed by atoms with Crippen molar-refractivity contribution in [3.63, 3.8) is 0 Å². The van der Waals surface area contributed by atoms with Gasteiger partial charge in [-0.3, -0.25) is 0 Å². The van der Waals surface area contributed by atoms with Gasteiger partial charge in [-0.25, -0.2) is 4.85 Å². The van der Waals surface area contributed by atoms with Crippen LogP contribution in [-0.4, -0.2) is 7.11 Å². The van der Waals surface area contributed by atoms with Gasteiger partial charge >= 0.3 is 0 Å². The van der Waals surface area contributed by atoms with Crippen molar-refractivity contribution in [2.24, 2.45) is 0 Å². The van der Waals surface area contributed by atoms with Crippen molar-refractivity contribution < 1.29 is 9.47 Å². The second-order valence-electron chi connectivity index (χ2n) is 4.89. The molecule has 100 valence electrons. The quantitative estimate of drug-likeness (QED) is 0.446. The van der Waals surface area contributed by atoms with E-state index in [2.05, 4.69) is 4.85 Å². The van der Waals surface area contributed by atoms with E-state index >= 15 is 0 Å². The molecule has 0 spiro atoms. The van der Waals surface area contributed by atoms with Crippen molar-refractivity contribution in [3.05, 3.63) is 59.9 Å². The fraction of sp³-hybridized carbons (Fsp3) is 0.0556. The molecule has 21 heavy (non-hydrogen) atoms. The molecule has 0 unspecified atom stereocenters. The van der Waals surface area contributed by atoms with Gasteiger partial charge in [-0.15, -0.1) is 0 Å². The maximum Gasteiger partial charge on any atom is 0.190 e. The lowest BCUT2D eigenvalue weighted by atomic mass is 9.94. The highest BCUT2D eigenvalue weighted by atomic mass is 16.5. The van der Waals surface area contributed by atoms with E-state index in [9.17, 15) is 0 Å². The smallest absolute Gasteiger partial charge is 0.190 e. The number of rotatable bonds is 1. The molecule has 0 bridgehead atoms. The summed E-state index contributed by atoms with van der Waals surface area (Å²) < 4.78 is 11.4. The van der Waals surface area contributed by atoms with Gasteiger partial charge in [0.05, 0.1) is 13.7 Å². The Morgan fingerprint density at radius 2 is 1.86 bits per heavy atom. The van der Waals surface area contributed by atoms with Crippen LogP contribution in [-0.2, 0) is 0 Å². The molecule has 4 rings (SSSR count). The van der Waals surface area contributed by atoms with E-state index < -0.39 is 0 Å². The Morgan fingerprint density at radius 3 is 2.67 bits per heavy atom. The Morgan fingerprint density at radius 1 is 1.00 bits per heavy atom. The first-order valence-corrected chi connectivity index (χ1v) is 6.61. The highest BCUT2D eigenvalue weighted by Crippen LogP contribution is 2.49. The van der Waals surface area contributed by atoms with Crippen molar-refractivity contribution in [2.45, 2.75) is 0 Å². The summed E-state index contributed by atoms with van der Waals surface area (Å²) in [6.45, 7) is 7.13. The first-order chi connectivity index (χ1) is 10.3.